The van der Waals surface area contributed by atoms with E-state index >= 15 is 0 Å². The van der Waals surface area contributed by atoms with Gasteiger partial charge in [-0.1, -0.05) is 50.1 Å². The van der Waals surface area contributed by atoms with Crippen LogP contribution in [0.2, 0.25) is 5.02 Å². The number of unbranched alkanes of at least 4 members (excludes halogenated alkanes) is 2. The molecule has 0 bridgehead atoms. The molecule has 1 atom stereocenters. The molecule has 0 saturated heterocycles. The SMILES string of the molecule is CCOC(=O)[C@@H](CC1CCCCC1)NC(=O)c1cc(Cl)c(CCCCCNC)cc1O. The first-order valence-corrected chi connectivity index (χ1v) is 12.0. The van der Waals surface area contributed by atoms with Gasteiger partial charge in [0.2, 0.25) is 0 Å². The van der Waals surface area contributed by atoms with Crippen LogP contribution >= 0.6 is 11.6 Å². The van der Waals surface area contributed by atoms with E-state index in [-0.39, 0.29) is 17.9 Å². The maximum atomic E-state index is 12.9. The first-order valence-electron chi connectivity index (χ1n) is 11.6. The summed E-state index contributed by atoms with van der Waals surface area (Å²) < 4.78 is 5.18. The van der Waals surface area contributed by atoms with Crippen LogP contribution in [0.15, 0.2) is 12.1 Å². The number of phenols is 1. The molecule has 31 heavy (non-hydrogen) atoms. The van der Waals surface area contributed by atoms with Crippen molar-refractivity contribution >= 4 is 23.5 Å². The third kappa shape index (κ3) is 8.34. The summed E-state index contributed by atoms with van der Waals surface area (Å²) in [7, 11) is 1.93. The number of amides is 1. The van der Waals surface area contributed by atoms with Gasteiger partial charge in [0, 0.05) is 5.02 Å². The molecule has 1 aromatic carbocycles. The summed E-state index contributed by atoms with van der Waals surface area (Å²) >= 11 is 6.39. The number of halogens is 1. The van der Waals surface area contributed by atoms with Crippen molar-refractivity contribution in [3.8, 4) is 5.75 Å². The fourth-order valence-corrected chi connectivity index (χ4v) is 4.48. The van der Waals surface area contributed by atoms with Crippen molar-refractivity contribution < 1.29 is 19.4 Å². The first-order chi connectivity index (χ1) is 15.0. The lowest BCUT2D eigenvalue weighted by atomic mass is 9.84. The summed E-state index contributed by atoms with van der Waals surface area (Å²) in [6, 6.07) is 2.34. The lowest BCUT2D eigenvalue weighted by Crippen LogP contribution is -2.43. The van der Waals surface area contributed by atoms with Crippen molar-refractivity contribution in [3.05, 3.63) is 28.3 Å². The Hall–Kier alpha value is -1.79. The van der Waals surface area contributed by atoms with Gasteiger partial charge in [0.25, 0.3) is 5.91 Å². The van der Waals surface area contributed by atoms with Crippen LogP contribution in [-0.4, -0.2) is 43.2 Å². The van der Waals surface area contributed by atoms with Crippen molar-refractivity contribution in [2.45, 2.75) is 77.2 Å². The fourth-order valence-electron chi connectivity index (χ4n) is 4.22. The largest absolute Gasteiger partial charge is 0.507 e. The second-order valence-electron chi connectivity index (χ2n) is 8.39. The Bertz CT molecular complexity index is 720. The molecule has 0 aliphatic heterocycles. The van der Waals surface area contributed by atoms with E-state index in [1.807, 2.05) is 7.05 Å². The highest BCUT2D eigenvalue weighted by Gasteiger charge is 2.28. The minimum absolute atomic E-state index is 0.0851. The molecule has 3 N–H and O–H groups in total. The van der Waals surface area contributed by atoms with E-state index in [0.29, 0.717) is 17.4 Å². The van der Waals surface area contributed by atoms with Gasteiger partial charge in [-0.3, -0.25) is 4.79 Å². The van der Waals surface area contributed by atoms with Gasteiger partial charge in [-0.2, -0.15) is 0 Å². The second kappa shape index (κ2) is 13.6. The number of rotatable bonds is 12. The molecule has 2 rings (SSSR count). The Morgan fingerprint density at radius 1 is 1.19 bits per heavy atom. The highest BCUT2D eigenvalue weighted by Crippen LogP contribution is 2.30. The molecule has 0 unspecified atom stereocenters. The molecular formula is C24H37ClN2O4. The summed E-state index contributed by atoms with van der Waals surface area (Å²) in [5.41, 5.74) is 0.909. The van der Waals surface area contributed by atoms with E-state index in [2.05, 4.69) is 10.6 Å². The molecule has 1 amide bonds. The zero-order valence-electron chi connectivity index (χ0n) is 18.8. The Balaban J connectivity index is 2.04. The predicted molar refractivity (Wildman–Crippen MR) is 124 cm³/mol. The van der Waals surface area contributed by atoms with Crippen LogP contribution < -0.4 is 10.6 Å². The minimum atomic E-state index is -0.722. The molecule has 0 spiro atoms. The number of aromatic hydroxyl groups is 1. The van der Waals surface area contributed by atoms with Gasteiger partial charge in [0.1, 0.15) is 11.8 Å². The van der Waals surface area contributed by atoms with Gasteiger partial charge in [0.15, 0.2) is 0 Å². The number of esters is 1. The third-order valence-corrected chi connectivity index (χ3v) is 6.30. The summed E-state index contributed by atoms with van der Waals surface area (Å²) in [5.74, 6) is -0.655. The number of aryl methyl sites for hydroxylation is 1. The average molecular weight is 453 g/mol. The zero-order valence-corrected chi connectivity index (χ0v) is 19.6. The molecule has 0 radical (unpaired) electrons. The van der Waals surface area contributed by atoms with E-state index in [9.17, 15) is 14.7 Å². The highest BCUT2D eigenvalue weighted by molar-refractivity contribution is 6.31. The summed E-state index contributed by atoms with van der Waals surface area (Å²) in [6.45, 7) is 2.98. The molecule has 1 fully saturated rings. The molecule has 174 valence electrons. The standard InChI is InChI=1S/C24H37ClN2O4/c1-3-31-24(30)21(14-17-10-6-4-7-11-17)27-23(29)19-16-20(25)18(15-22(19)28)12-8-5-9-13-26-2/h15-17,21,26,28H,3-14H2,1-2H3,(H,27,29)/t21-/m1/s1. The van der Waals surface area contributed by atoms with Gasteiger partial charge in [0.05, 0.1) is 12.2 Å². The molecule has 6 nitrogen and oxygen atoms in total. The quantitative estimate of drug-likeness (QED) is 0.318. The van der Waals surface area contributed by atoms with E-state index < -0.39 is 17.9 Å². The van der Waals surface area contributed by atoms with Gasteiger partial charge in [-0.15, -0.1) is 0 Å². The van der Waals surface area contributed by atoms with Crippen LogP contribution in [0, 0.1) is 5.92 Å². The van der Waals surface area contributed by atoms with Crippen molar-refractivity contribution in [1.82, 2.24) is 10.6 Å². The molecule has 7 heteroatoms. The number of phenolic OH excluding ortho intramolecular Hbond substituents is 1. The topological polar surface area (TPSA) is 87.7 Å². The van der Waals surface area contributed by atoms with Crippen molar-refractivity contribution in [2.24, 2.45) is 5.92 Å². The number of carbonyl (C=O) groups excluding carboxylic acids is 2. The Kier molecular flexibility index (Phi) is 11.2. The van der Waals surface area contributed by atoms with Crippen LogP contribution in [0.4, 0.5) is 0 Å². The number of hydrogen-bond donors (Lipinski definition) is 3. The van der Waals surface area contributed by atoms with Gasteiger partial charge in [-0.05, 0) is 69.8 Å². The number of hydrogen-bond acceptors (Lipinski definition) is 5. The first kappa shape index (κ1) is 25.5. The fraction of sp³-hybridized carbons (Fsp3) is 0.667. The molecule has 1 aromatic rings. The van der Waals surface area contributed by atoms with Gasteiger partial charge < -0.3 is 20.5 Å². The third-order valence-electron chi connectivity index (χ3n) is 5.95. The number of nitrogens with one attached hydrogen (secondary N) is 2. The monoisotopic (exact) mass is 452 g/mol. The second-order valence-corrected chi connectivity index (χ2v) is 8.80. The number of carbonyl (C=O) groups is 2. The maximum Gasteiger partial charge on any atom is 0.328 e. The van der Waals surface area contributed by atoms with Crippen LogP contribution in [-0.2, 0) is 16.0 Å². The summed E-state index contributed by atoms with van der Waals surface area (Å²) in [4.78, 5) is 25.3. The average Bonchev–Trinajstić information content (AvgIpc) is 2.76. The van der Waals surface area contributed by atoms with Crippen LogP contribution in [0.25, 0.3) is 0 Å². The van der Waals surface area contributed by atoms with Crippen LogP contribution in [0.3, 0.4) is 0 Å². The number of benzene rings is 1. The van der Waals surface area contributed by atoms with Crippen molar-refractivity contribution in [2.75, 3.05) is 20.2 Å². The molecular weight excluding hydrogens is 416 g/mol. The van der Waals surface area contributed by atoms with E-state index in [0.717, 1.165) is 63.5 Å². The zero-order chi connectivity index (χ0) is 22.6. The minimum Gasteiger partial charge on any atom is -0.507 e. The molecule has 1 aliphatic rings. The lowest BCUT2D eigenvalue weighted by molar-refractivity contribution is -0.146. The van der Waals surface area contributed by atoms with Gasteiger partial charge in [-0.25, -0.2) is 4.79 Å². The normalized spacial score (nSPS) is 15.5. The molecule has 0 aromatic heterocycles. The smallest absolute Gasteiger partial charge is 0.328 e. The van der Waals surface area contributed by atoms with Crippen LogP contribution in [0.5, 0.6) is 5.75 Å². The Morgan fingerprint density at radius 3 is 2.61 bits per heavy atom. The van der Waals surface area contributed by atoms with Crippen molar-refractivity contribution in [3.63, 3.8) is 0 Å². The van der Waals surface area contributed by atoms with E-state index in [1.54, 1.807) is 13.0 Å². The maximum absolute atomic E-state index is 12.9. The van der Waals surface area contributed by atoms with Gasteiger partial charge >= 0.3 is 5.97 Å². The highest BCUT2D eigenvalue weighted by atomic mass is 35.5. The Morgan fingerprint density at radius 2 is 1.94 bits per heavy atom. The predicted octanol–water partition coefficient (Wildman–Crippen LogP) is 4.61. The Labute approximate surface area is 191 Å². The number of ether oxygens (including phenoxy) is 1. The van der Waals surface area contributed by atoms with Crippen molar-refractivity contribution in [1.29, 1.82) is 0 Å². The summed E-state index contributed by atoms with van der Waals surface area (Å²) in [5, 5.41) is 16.8. The van der Waals surface area contributed by atoms with Crippen LogP contribution in [0.1, 0.15) is 80.6 Å². The van der Waals surface area contributed by atoms with E-state index in [4.69, 9.17) is 16.3 Å². The molecule has 0 heterocycles. The van der Waals surface area contributed by atoms with E-state index in [1.165, 1.54) is 12.5 Å². The summed E-state index contributed by atoms with van der Waals surface area (Å²) in [6.07, 6.45) is 10.0. The lowest BCUT2D eigenvalue weighted by Gasteiger charge is -2.26. The molecule has 1 aliphatic carbocycles. The molecule has 1 saturated carbocycles.